The van der Waals surface area contributed by atoms with Crippen molar-refractivity contribution in [3.63, 3.8) is 0 Å². The van der Waals surface area contributed by atoms with Crippen LogP contribution in [0.1, 0.15) is 62.3 Å². The molecule has 0 aliphatic heterocycles. The molecule has 0 saturated carbocycles. The highest BCUT2D eigenvalue weighted by atomic mass is 33.1. The lowest BCUT2D eigenvalue weighted by atomic mass is 10.2. The van der Waals surface area contributed by atoms with Crippen LogP contribution in [0.5, 0.6) is 0 Å². The predicted octanol–water partition coefficient (Wildman–Crippen LogP) is 6.40. The molecule has 2 aromatic rings. The number of benzene rings is 2. The van der Waals surface area contributed by atoms with E-state index in [0.29, 0.717) is 11.1 Å². The van der Waals surface area contributed by atoms with Gasteiger partial charge in [-0.3, -0.25) is 0 Å². The van der Waals surface area contributed by atoms with Crippen molar-refractivity contribution >= 4 is 33.5 Å². The van der Waals surface area contributed by atoms with Crippen LogP contribution in [0.4, 0.5) is 0 Å². The van der Waals surface area contributed by atoms with Crippen LogP contribution in [-0.2, 0) is 9.47 Å². The van der Waals surface area contributed by atoms with Crippen molar-refractivity contribution in [3.05, 3.63) is 59.7 Å². The maximum absolute atomic E-state index is 12.1. The molecular formula is C22H26O4S2. The minimum absolute atomic E-state index is 0.325. The Balaban J connectivity index is 1.92. The maximum atomic E-state index is 12.1. The average Bonchev–Trinajstić information content (AvgIpc) is 2.58. The second-order valence-corrected chi connectivity index (χ2v) is 10.5. The molecule has 0 atom stereocenters. The summed E-state index contributed by atoms with van der Waals surface area (Å²) in [6.45, 7) is 11.1. The van der Waals surface area contributed by atoms with Gasteiger partial charge in [-0.05, 0) is 90.1 Å². The van der Waals surface area contributed by atoms with E-state index in [1.54, 1.807) is 45.9 Å². The van der Waals surface area contributed by atoms with Crippen LogP contribution in [0.3, 0.4) is 0 Å². The van der Waals surface area contributed by atoms with E-state index in [9.17, 15) is 9.59 Å². The highest BCUT2D eigenvalue weighted by Crippen LogP contribution is 2.37. The van der Waals surface area contributed by atoms with Crippen molar-refractivity contribution < 1.29 is 19.1 Å². The van der Waals surface area contributed by atoms with E-state index >= 15 is 0 Å². The van der Waals surface area contributed by atoms with E-state index in [2.05, 4.69) is 0 Å². The number of hydrogen-bond donors (Lipinski definition) is 0. The molecule has 0 N–H and O–H groups in total. The summed E-state index contributed by atoms with van der Waals surface area (Å²) in [5, 5.41) is 0. The summed E-state index contributed by atoms with van der Waals surface area (Å²) < 4.78 is 10.7. The molecular weight excluding hydrogens is 392 g/mol. The molecule has 0 fully saturated rings. The van der Waals surface area contributed by atoms with E-state index in [1.807, 2.05) is 65.8 Å². The Labute approximate surface area is 174 Å². The topological polar surface area (TPSA) is 52.6 Å². The fourth-order valence-corrected chi connectivity index (χ4v) is 3.99. The third kappa shape index (κ3) is 7.60. The molecule has 0 aliphatic rings. The van der Waals surface area contributed by atoms with Gasteiger partial charge < -0.3 is 9.47 Å². The molecule has 28 heavy (non-hydrogen) atoms. The number of rotatable bonds is 5. The highest BCUT2D eigenvalue weighted by molar-refractivity contribution is 8.76. The number of carbonyl (C=O) groups excluding carboxylic acids is 2. The molecule has 0 amide bonds. The molecule has 0 radical (unpaired) electrons. The number of esters is 2. The molecule has 4 nitrogen and oxygen atoms in total. The van der Waals surface area contributed by atoms with Crippen molar-refractivity contribution in [2.75, 3.05) is 0 Å². The molecule has 0 heterocycles. The zero-order valence-electron chi connectivity index (χ0n) is 17.1. The lowest BCUT2D eigenvalue weighted by Gasteiger charge is -2.19. The molecule has 0 saturated heterocycles. The van der Waals surface area contributed by atoms with E-state index in [1.165, 1.54) is 0 Å². The summed E-state index contributed by atoms with van der Waals surface area (Å²) in [6, 6.07) is 14.6. The summed E-state index contributed by atoms with van der Waals surface area (Å²) in [5.41, 5.74) is 0.0504. The van der Waals surface area contributed by atoms with Crippen LogP contribution >= 0.6 is 21.6 Å². The van der Waals surface area contributed by atoms with E-state index in [-0.39, 0.29) is 11.9 Å². The molecule has 0 aliphatic carbocycles. The zero-order chi connectivity index (χ0) is 20.9. The zero-order valence-corrected chi connectivity index (χ0v) is 18.7. The third-order valence-corrected chi connectivity index (χ3v) is 5.63. The van der Waals surface area contributed by atoms with Gasteiger partial charge in [-0.1, -0.05) is 21.6 Å². The Morgan fingerprint density at radius 1 is 0.607 bits per heavy atom. The van der Waals surface area contributed by atoms with Gasteiger partial charge >= 0.3 is 11.9 Å². The van der Waals surface area contributed by atoms with Gasteiger partial charge in [0.1, 0.15) is 11.2 Å². The van der Waals surface area contributed by atoms with Gasteiger partial charge in [0.25, 0.3) is 0 Å². The fourth-order valence-electron chi connectivity index (χ4n) is 2.06. The molecule has 0 aromatic heterocycles. The first-order valence-corrected chi connectivity index (χ1v) is 11.1. The minimum atomic E-state index is -0.508. The highest BCUT2D eigenvalue weighted by Gasteiger charge is 2.18. The van der Waals surface area contributed by atoms with Gasteiger partial charge in [0.2, 0.25) is 0 Å². The van der Waals surface area contributed by atoms with Crippen LogP contribution in [0, 0.1) is 0 Å². The van der Waals surface area contributed by atoms with Crippen molar-refractivity contribution in [3.8, 4) is 0 Å². The van der Waals surface area contributed by atoms with Crippen LogP contribution in [0.15, 0.2) is 58.3 Å². The summed E-state index contributed by atoms with van der Waals surface area (Å²) in [5.74, 6) is -0.649. The Bertz CT molecular complexity index is 742. The molecule has 0 bridgehead atoms. The van der Waals surface area contributed by atoms with Gasteiger partial charge in [-0.15, -0.1) is 0 Å². The molecule has 2 rings (SSSR count). The predicted molar refractivity (Wildman–Crippen MR) is 115 cm³/mol. The van der Waals surface area contributed by atoms with Crippen molar-refractivity contribution in [1.82, 2.24) is 0 Å². The van der Waals surface area contributed by atoms with E-state index in [4.69, 9.17) is 9.47 Å². The van der Waals surface area contributed by atoms with Gasteiger partial charge in [-0.2, -0.15) is 0 Å². The van der Waals surface area contributed by atoms with Crippen LogP contribution < -0.4 is 0 Å². The van der Waals surface area contributed by atoms with Gasteiger partial charge in [0.15, 0.2) is 0 Å². The SMILES string of the molecule is CC(C)(C)OC(=O)c1ccc(SSc2ccc(C(=O)OC(C)(C)C)cc2)cc1. The van der Waals surface area contributed by atoms with E-state index in [0.717, 1.165) is 9.79 Å². The van der Waals surface area contributed by atoms with Gasteiger partial charge in [0, 0.05) is 9.79 Å². The number of carbonyl (C=O) groups is 2. The first-order valence-electron chi connectivity index (χ1n) is 8.94. The monoisotopic (exact) mass is 418 g/mol. The maximum Gasteiger partial charge on any atom is 0.338 e. The van der Waals surface area contributed by atoms with Gasteiger partial charge in [0.05, 0.1) is 11.1 Å². The molecule has 2 aromatic carbocycles. The summed E-state index contributed by atoms with van der Waals surface area (Å²) >= 11 is 0. The normalized spacial score (nSPS) is 11.8. The second-order valence-electron chi connectivity index (χ2n) is 8.22. The number of hydrogen-bond acceptors (Lipinski definition) is 6. The van der Waals surface area contributed by atoms with E-state index < -0.39 is 11.2 Å². The number of ether oxygens (including phenoxy) is 2. The lowest BCUT2D eigenvalue weighted by molar-refractivity contribution is 0.00569. The summed E-state index contributed by atoms with van der Waals surface area (Å²) in [4.78, 5) is 26.1. The summed E-state index contributed by atoms with van der Waals surface area (Å²) in [6.07, 6.45) is 0. The first kappa shape index (κ1) is 22.4. The quantitative estimate of drug-likeness (QED) is 0.414. The fraction of sp³-hybridized carbons (Fsp3) is 0.364. The Kier molecular flexibility index (Phi) is 7.23. The van der Waals surface area contributed by atoms with Crippen molar-refractivity contribution in [1.29, 1.82) is 0 Å². The lowest BCUT2D eigenvalue weighted by Crippen LogP contribution is -2.23. The largest absolute Gasteiger partial charge is 0.456 e. The minimum Gasteiger partial charge on any atom is -0.456 e. The first-order chi connectivity index (χ1) is 12.9. The summed E-state index contributed by atoms with van der Waals surface area (Å²) in [7, 11) is 3.16. The van der Waals surface area contributed by atoms with Gasteiger partial charge in [-0.25, -0.2) is 9.59 Å². The van der Waals surface area contributed by atoms with Crippen LogP contribution in [-0.4, -0.2) is 23.1 Å². The molecule has 0 unspecified atom stereocenters. The van der Waals surface area contributed by atoms with Crippen molar-refractivity contribution in [2.45, 2.75) is 62.5 Å². The van der Waals surface area contributed by atoms with Crippen molar-refractivity contribution in [2.24, 2.45) is 0 Å². The molecule has 150 valence electrons. The second kappa shape index (κ2) is 9.05. The third-order valence-electron chi connectivity index (χ3n) is 3.21. The van der Waals surface area contributed by atoms with Crippen LogP contribution in [0.2, 0.25) is 0 Å². The van der Waals surface area contributed by atoms with Crippen LogP contribution in [0.25, 0.3) is 0 Å². The molecule has 6 heteroatoms. The Hall–Kier alpha value is -1.92. The Morgan fingerprint density at radius 2 is 0.893 bits per heavy atom. The average molecular weight is 419 g/mol. The smallest absolute Gasteiger partial charge is 0.338 e. The molecule has 0 spiro atoms. The standard InChI is InChI=1S/C22H26O4S2/c1-21(2,3)25-19(23)15-7-11-17(12-8-15)27-28-18-13-9-16(10-14-18)20(24)26-22(4,5)6/h7-14H,1-6H3. The Morgan fingerprint density at radius 3 is 1.14 bits per heavy atom.